The van der Waals surface area contributed by atoms with Crippen molar-refractivity contribution in [1.82, 2.24) is 10.6 Å². The van der Waals surface area contributed by atoms with Crippen LogP contribution in [0.1, 0.15) is 13.3 Å². The Labute approximate surface area is 122 Å². The Morgan fingerprint density at radius 1 is 1.15 bits per heavy atom. The molecule has 0 aliphatic rings. The lowest BCUT2D eigenvalue weighted by atomic mass is 10.4. The predicted molar refractivity (Wildman–Crippen MR) is 81.0 cm³/mol. The predicted octanol–water partition coefficient (Wildman–Crippen LogP) is -0.361. The molecule has 0 spiro atoms. The van der Waals surface area contributed by atoms with Crippen LogP contribution in [0.4, 0.5) is 0 Å². The van der Waals surface area contributed by atoms with E-state index in [0.29, 0.717) is 38.9 Å². The Morgan fingerprint density at radius 3 is 2.45 bits per heavy atom. The monoisotopic (exact) mass is 309 g/mol. The van der Waals surface area contributed by atoms with E-state index >= 15 is 0 Å². The summed E-state index contributed by atoms with van der Waals surface area (Å²) in [4.78, 5) is 4.02. The molecular weight excluding hydrogens is 282 g/mol. The summed E-state index contributed by atoms with van der Waals surface area (Å²) in [6.07, 6.45) is 0.845. The number of hydrogen-bond acceptors (Lipinski definition) is 5. The van der Waals surface area contributed by atoms with Gasteiger partial charge < -0.3 is 20.1 Å². The third kappa shape index (κ3) is 11.0. The van der Waals surface area contributed by atoms with E-state index in [1.165, 1.54) is 0 Å². The van der Waals surface area contributed by atoms with Gasteiger partial charge in [0, 0.05) is 39.6 Å². The highest BCUT2D eigenvalue weighted by atomic mass is 32.2. The van der Waals surface area contributed by atoms with E-state index in [9.17, 15) is 8.42 Å². The molecular formula is C12H27N3O4S. The lowest BCUT2D eigenvalue weighted by molar-refractivity contribution is 0.0698. The molecule has 2 N–H and O–H groups in total. The molecule has 0 aliphatic carbocycles. The summed E-state index contributed by atoms with van der Waals surface area (Å²) in [6.45, 7) is 4.57. The molecule has 0 bridgehead atoms. The van der Waals surface area contributed by atoms with Crippen molar-refractivity contribution in [3.05, 3.63) is 0 Å². The van der Waals surface area contributed by atoms with Crippen LogP contribution < -0.4 is 10.6 Å². The third-order valence-corrected chi connectivity index (χ3v) is 4.26. The van der Waals surface area contributed by atoms with Crippen LogP contribution in [0, 0.1) is 0 Å². The maximum atomic E-state index is 11.3. The number of rotatable bonds is 11. The second-order valence-electron chi connectivity index (χ2n) is 4.12. The van der Waals surface area contributed by atoms with Crippen LogP contribution in [-0.2, 0) is 19.3 Å². The normalized spacial score (nSPS) is 12.4. The lowest BCUT2D eigenvalue weighted by Gasteiger charge is -2.11. The van der Waals surface area contributed by atoms with Crippen LogP contribution >= 0.6 is 0 Å². The van der Waals surface area contributed by atoms with Gasteiger partial charge in [-0.3, -0.25) is 4.99 Å². The molecule has 0 saturated carbocycles. The minimum Gasteiger partial charge on any atom is -0.382 e. The molecule has 0 aromatic heterocycles. The number of hydrogen-bond donors (Lipinski definition) is 2. The Morgan fingerprint density at radius 2 is 1.85 bits per heavy atom. The average molecular weight is 309 g/mol. The molecule has 0 amide bonds. The zero-order valence-corrected chi connectivity index (χ0v) is 13.5. The Balaban J connectivity index is 3.63. The van der Waals surface area contributed by atoms with Crippen molar-refractivity contribution in [1.29, 1.82) is 0 Å². The first-order valence-electron chi connectivity index (χ1n) is 6.77. The van der Waals surface area contributed by atoms with Crippen LogP contribution in [0.3, 0.4) is 0 Å². The van der Waals surface area contributed by atoms with Crippen LogP contribution in [0.25, 0.3) is 0 Å². The van der Waals surface area contributed by atoms with E-state index in [1.54, 1.807) is 21.1 Å². The van der Waals surface area contributed by atoms with E-state index < -0.39 is 9.84 Å². The van der Waals surface area contributed by atoms with Gasteiger partial charge in [-0.2, -0.15) is 0 Å². The second kappa shape index (κ2) is 11.9. The van der Waals surface area contributed by atoms with Gasteiger partial charge >= 0.3 is 0 Å². The van der Waals surface area contributed by atoms with Gasteiger partial charge in [-0.1, -0.05) is 6.92 Å². The quantitative estimate of drug-likeness (QED) is 0.308. The van der Waals surface area contributed by atoms with Crippen LogP contribution in [0.5, 0.6) is 0 Å². The molecule has 7 nitrogen and oxygen atoms in total. The second-order valence-corrected chi connectivity index (χ2v) is 6.59. The molecule has 0 atom stereocenters. The number of aliphatic imine (C=N–C) groups is 1. The largest absolute Gasteiger partial charge is 0.382 e. The number of ether oxygens (including phenoxy) is 2. The molecule has 0 aliphatic heterocycles. The summed E-state index contributed by atoms with van der Waals surface area (Å²) in [5.41, 5.74) is 0. The van der Waals surface area contributed by atoms with Gasteiger partial charge in [0.15, 0.2) is 15.8 Å². The summed E-state index contributed by atoms with van der Waals surface area (Å²) >= 11 is 0. The van der Waals surface area contributed by atoms with Crippen molar-refractivity contribution in [2.45, 2.75) is 13.3 Å². The fraction of sp³-hybridized carbons (Fsp3) is 0.917. The van der Waals surface area contributed by atoms with Gasteiger partial charge in [0.25, 0.3) is 0 Å². The minimum atomic E-state index is -2.94. The number of guanidine groups is 1. The topological polar surface area (TPSA) is 89.0 Å². The maximum Gasteiger partial charge on any atom is 0.191 e. The van der Waals surface area contributed by atoms with Crippen molar-refractivity contribution < 1.29 is 17.9 Å². The van der Waals surface area contributed by atoms with Gasteiger partial charge in [0.05, 0.1) is 19.0 Å². The summed E-state index contributed by atoms with van der Waals surface area (Å²) in [7, 11) is 0.351. The minimum absolute atomic E-state index is 0.115. The molecule has 8 heteroatoms. The van der Waals surface area contributed by atoms with Gasteiger partial charge in [-0.25, -0.2) is 8.42 Å². The molecule has 0 heterocycles. The van der Waals surface area contributed by atoms with Gasteiger partial charge in [0.1, 0.15) is 0 Å². The van der Waals surface area contributed by atoms with E-state index in [0.717, 1.165) is 6.42 Å². The van der Waals surface area contributed by atoms with E-state index in [-0.39, 0.29) is 11.5 Å². The molecule has 0 aromatic carbocycles. The van der Waals surface area contributed by atoms with Crippen molar-refractivity contribution in [3.8, 4) is 0 Å². The Hall–Kier alpha value is -0.860. The zero-order chi connectivity index (χ0) is 15.3. The maximum absolute atomic E-state index is 11.3. The number of sulfone groups is 1. The first-order chi connectivity index (χ1) is 9.55. The number of methoxy groups -OCH3 is 1. The Kier molecular flexibility index (Phi) is 11.4. The lowest BCUT2D eigenvalue weighted by Crippen LogP contribution is -2.40. The van der Waals surface area contributed by atoms with E-state index in [1.807, 2.05) is 0 Å². The molecule has 0 aromatic rings. The Bertz CT molecular complexity index is 358. The van der Waals surface area contributed by atoms with E-state index in [4.69, 9.17) is 9.47 Å². The summed E-state index contributed by atoms with van der Waals surface area (Å²) < 4.78 is 32.8. The molecule has 0 rings (SSSR count). The van der Waals surface area contributed by atoms with Gasteiger partial charge in [-0.05, 0) is 6.42 Å². The number of nitrogens with one attached hydrogen (secondary N) is 2. The molecule has 0 saturated heterocycles. The van der Waals surface area contributed by atoms with Gasteiger partial charge in [0.2, 0.25) is 0 Å². The highest BCUT2D eigenvalue weighted by Gasteiger charge is 2.07. The standard InChI is InChI=1S/C12H27N3O4S/c1-4-20(16,17)11-7-15-12(13-2)14-6-5-8-19-10-9-18-3/h4-11H2,1-3H3,(H2,13,14,15). The fourth-order valence-electron chi connectivity index (χ4n) is 1.32. The summed E-state index contributed by atoms with van der Waals surface area (Å²) in [5, 5.41) is 6.07. The third-order valence-electron chi connectivity index (χ3n) is 2.56. The summed E-state index contributed by atoms with van der Waals surface area (Å²) in [5.74, 6) is 0.886. The average Bonchev–Trinajstić information content (AvgIpc) is 2.44. The van der Waals surface area contributed by atoms with Crippen LogP contribution in [0.2, 0.25) is 0 Å². The molecule has 0 radical (unpaired) electrons. The highest BCUT2D eigenvalue weighted by Crippen LogP contribution is 1.87. The molecule has 120 valence electrons. The number of nitrogens with zero attached hydrogens (tertiary/aromatic N) is 1. The zero-order valence-electron chi connectivity index (χ0n) is 12.6. The van der Waals surface area contributed by atoms with Crippen molar-refractivity contribution >= 4 is 15.8 Å². The molecule has 0 unspecified atom stereocenters. The van der Waals surface area contributed by atoms with E-state index in [2.05, 4.69) is 15.6 Å². The van der Waals surface area contributed by atoms with Crippen LogP contribution in [0.15, 0.2) is 4.99 Å². The smallest absolute Gasteiger partial charge is 0.191 e. The molecule has 0 fully saturated rings. The summed E-state index contributed by atoms with van der Waals surface area (Å²) in [6, 6.07) is 0. The fourth-order valence-corrected chi connectivity index (χ4v) is 2.02. The van der Waals surface area contributed by atoms with Crippen molar-refractivity contribution in [2.75, 3.05) is 58.6 Å². The van der Waals surface area contributed by atoms with Crippen LogP contribution in [-0.4, -0.2) is 73.0 Å². The van der Waals surface area contributed by atoms with Crippen molar-refractivity contribution in [2.24, 2.45) is 4.99 Å². The SMILES string of the molecule is CCS(=O)(=O)CCNC(=NC)NCCCOCCOC. The highest BCUT2D eigenvalue weighted by molar-refractivity contribution is 7.91. The first kappa shape index (κ1) is 19.1. The molecule has 20 heavy (non-hydrogen) atoms. The van der Waals surface area contributed by atoms with Gasteiger partial charge in [-0.15, -0.1) is 0 Å². The van der Waals surface area contributed by atoms with Crippen molar-refractivity contribution in [3.63, 3.8) is 0 Å². The first-order valence-corrected chi connectivity index (χ1v) is 8.59.